The van der Waals surface area contributed by atoms with Crippen LogP contribution in [0.25, 0.3) is 0 Å². The van der Waals surface area contributed by atoms with Crippen LogP contribution in [0, 0.1) is 5.92 Å². The van der Waals surface area contributed by atoms with Crippen molar-refractivity contribution in [3.05, 3.63) is 30.1 Å². The molecule has 0 spiro atoms. The predicted octanol–water partition coefficient (Wildman–Crippen LogP) is 0.835. The molecular formula is C19H28N4O2. The summed E-state index contributed by atoms with van der Waals surface area (Å²) in [6.07, 6.45) is 3.82. The zero-order valence-corrected chi connectivity index (χ0v) is 15.0. The number of carbonyl (C=O) groups is 1. The fraction of sp³-hybridized carbons (Fsp3) is 0.684. The van der Waals surface area contributed by atoms with E-state index in [1.165, 1.54) is 0 Å². The van der Waals surface area contributed by atoms with Crippen LogP contribution in [0.1, 0.15) is 18.5 Å². The van der Waals surface area contributed by atoms with Crippen LogP contribution >= 0.6 is 0 Å². The molecule has 0 N–H and O–H groups in total. The minimum atomic E-state index is 0.110. The quantitative estimate of drug-likeness (QED) is 0.810. The number of aromatic nitrogens is 1. The van der Waals surface area contributed by atoms with Crippen molar-refractivity contribution in [2.45, 2.75) is 31.6 Å². The van der Waals surface area contributed by atoms with Crippen LogP contribution < -0.4 is 0 Å². The van der Waals surface area contributed by atoms with E-state index in [-0.39, 0.29) is 18.1 Å². The highest BCUT2D eigenvalue weighted by Crippen LogP contribution is 2.35. The van der Waals surface area contributed by atoms with Crippen molar-refractivity contribution in [1.82, 2.24) is 19.7 Å². The predicted molar refractivity (Wildman–Crippen MR) is 95.0 cm³/mol. The van der Waals surface area contributed by atoms with Gasteiger partial charge in [-0.15, -0.1) is 0 Å². The van der Waals surface area contributed by atoms with Crippen LogP contribution in [-0.4, -0.2) is 84.1 Å². The zero-order chi connectivity index (χ0) is 17.2. The van der Waals surface area contributed by atoms with Crippen molar-refractivity contribution in [1.29, 1.82) is 0 Å². The van der Waals surface area contributed by atoms with Gasteiger partial charge in [-0.2, -0.15) is 0 Å². The van der Waals surface area contributed by atoms with Crippen molar-refractivity contribution >= 4 is 5.91 Å². The highest BCUT2D eigenvalue weighted by molar-refractivity contribution is 5.76. The lowest BCUT2D eigenvalue weighted by atomic mass is 10.0. The van der Waals surface area contributed by atoms with Gasteiger partial charge in [0.1, 0.15) is 0 Å². The van der Waals surface area contributed by atoms with Crippen molar-refractivity contribution in [2.24, 2.45) is 5.92 Å². The van der Waals surface area contributed by atoms with Crippen molar-refractivity contribution in [3.63, 3.8) is 0 Å². The first-order chi connectivity index (χ1) is 12.2. The van der Waals surface area contributed by atoms with Gasteiger partial charge < -0.3 is 14.5 Å². The van der Waals surface area contributed by atoms with Crippen LogP contribution in [-0.2, 0) is 16.1 Å². The normalized spacial score (nSPS) is 30.6. The van der Waals surface area contributed by atoms with Gasteiger partial charge in [-0.1, -0.05) is 6.07 Å². The Morgan fingerprint density at radius 2 is 2.08 bits per heavy atom. The molecule has 0 unspecified atom stereocenters. The third-order valence-electron chi connectivity index (χ3n) is 5.76. The molecule has 4 rings (SSSR count). The molecule has 6 heteroatoms. The van der Waals surface area contributed by atoms with Gasteiger partial charge in [0.15, 0.2) is 0 Å². The summed E-state index contributed by atoms with van der Waals surface area (Å²) in [6.45, 7) is 6.57. The fourth-order valence-corrected chi connectivity index (χ4v) is 4.31. The summed E-state index contributed by atoms with van der Waals surface area (Å²) < 4.78 is 6.22. The fourth-order valence-electron chi connectivity index (χ4n) is 4.31. The minimum absolute atomic E-state index is 0.110. The van der Waals surface area contributed by atoms with Crippen LogP contribution in [0.2, 0.25) is 0 Å². The van der Waals surface area contributed by atoms with Crippen molar-refractivity contribution in [2.75, 3.05) is 46.3 Å². The third kappa shape index (κ3) is 4.02. The van der Waals surface area contributed by atoms with E-state index >= 15 is 0 Å². The van der Waals surface area contributed by atoms with Gasteiger partial charge in [0.2, 0.25) is 5.91 Å². The molecule has 6 nitrogen and oxygen atoms in total. The Bertz CT molecular complexity index is 574. The molecule has 3 aliphatic rings. The number of nitrogens with zero attached hydrogens (tertiary/aromatic N) is 4. The zero-order valence-electron chi connectivity index (χ0n) is 15.0. The highest BCUT2D eigenvalue weighted by atomic mass is 16.5. The number of hydrogen-bond donors (Lipinski definition) is 0. The molecule has 4 heterocycles. The number of carbonyl (C=O) groups excluding carboxylic acids is 1. The monoisotopic (exact) mass is 344 g/mol. The molecule has 0 radical (unpaired) electrons. The average Bonchev–Trinajstić information content (AvgIpc) is 3.14. The lowest BCUT2D eigenvalue weighted by Crippen LogP contribution is -2.47. The van der Waals surface area contributed by atoms with Crippen molar-refractivity contribution in [3.8, 4) is 0 Å². The summed E-state index contributed by atoms with van der Waals surface area (Å²) in [5.41, 5.74) is 1.12. The van der Waals surface area contributed by atoms with Gasteiger partial charge >= 0.3 is 0 Å². The van der Waals surface area contributed by atoms with Crippen LogP contribution in [0.15, 0.2) is 24.4 Å². The second-order valence-electron chi connectivity index (χ2n) is 7.70. The molecule has 3 atom stereocenters. The van der Waals surface area contributed by atoms with Crippen LogP contribution in [0.4, 0.5) is 0 Å². The first kappa shape index (κ1) is 16.9. The highest BCUT2D eigenvalue weighted by Gasteiger charge is 2.42. The van der Waals surface area contributed by atoms with Crippen LogP contribution in [0.3, 0.4) is 0 Å². The summed E-state index contributed by atoms with van der Waals surface area (Å²) >= 11 is 0. The second kappa shape index (κ2) is 7.40. The van der Waals surface area contributed by atoms with E-state index in [0.29, 0.717) is 12.3 Å². The Morgan fingerprint density at radius 1 is 1.24 bits per heavy atom. The van der Waals surface area contributed by atoms with E-state index in [2.05, 4.69) is 27.9 Å². The summed E-state index contributed by atoms with van der Waals surface area (Å²) in [7, 11) is 2.11. The number of fused-ring (bicyclic) bond motifs is 1. The maximum atomic E-state index is 12.5. The lowest BCUT2D eigenvalue weighted by molar-refractivity contribution is -0.135. The average molecular weight is 344 g/mol. The molecule has 0 aliphatic carbocycles. The number of rotatable bonds is 4. The molecule has 1 aromatic rings. The van der Waals surface area contributed by atoms with E-state index < -0.39 is 0 Å². The Hall–Kier alpha value is -1.50. The second-order valence-corrected chi connectivity index (χ2v) is 7.70. The van der Waals surface area contributed by atoms with E-state index in [9.17, 15) is 4.79 Å². The number of piperazine rings is 1. The minimum Gasteiger partial charge on any atom is -0.373 e. The summed E-state index contributed by atoms with van der Waals surface area (Å²) in [6, 6.07) is 6.06. The molecule has 0 aromatic carbocycles. The Kier molecular flexibility index (Phi) is 5.01. The van der Waals surface area contributed by atoms with Gasteiger partial charge in [0.05, 0.1) is 24.3 Å². The van der Waals surface area contributed by atoms with E-state index in [1.807, 2.05) is 23.2 Å². The maximum absolute atomic E-state index is 12.5. The molecular weight excluding hydrogens is 316 g/mol. The Labute approximate surface area is 149 Å². The number of hydrogen-bond acceptors (Lipinski definition) is 5. The first-order valence-electron chi connectivity index (χ1n) is 9.41. The number of amides is 1. The molecule has 0 saturated carbocycles. The summed E-state index contributed by atoms with van der Waals surface area (Å²) in [5, 5.41) is 0. The van der Waals surface area contributed by atoms with Gasteiger partial charge in [-0.25, -0.2) is 0 Å². The van der Waals surface area contributed by atoms with E-state index in [1.54, 1.807) is 0 Å². The smallest absolute Gasteiger partial charge is 0.225 e. The number of likely N-dealkylation sites (tertiary alicyclic amines) is 1. The Balaban J connectivity index is 1.23. The molecule has 0 bridgehead atoms. The van der Waals surface area contributed by atoms with Gasteiger partial charge in [-0.3, -0.25) is 14.7 Å². The largest absolute Gasteiger partial charge is 0.373 e. The molecule has 3 fully saturated rings. The molecule has 1 amide bonds. The number of likely N-dealkylation sites (N-methyl/N-ethyl adjacent to an activating group) is 1. The number of ether oxygens (including phenoxy) is 1. The third-order valence-corrected chi connectivity index (χ3v) is 5.76. The van der Waals surface area contributed by atoms with E-state index in [4.69, 9.17) is 4.74 Å². The van der Waals surface area contributed by atoms with Crippen LogP contribution in [0.5, 0.6) is 0 Å². The topological polar surface area (TPSA) is 48.9 Å². The molecule has 1 aromatic heterocycles. The number of pyridine rings is 1. The molecule has 3 aliphatic heterocycles. The van der Waals surface area contributed by atoms with Gasteiger partial charge in [-0.05, 0) is 25.6 Å². The molecule has 136 valence electrons. The molecule has 25 heavy (non-hydrogen) atoms. The first-order valence-corrected chi connectivity index (χ1v) is 9.41. The van der Waals surface area contributed by atoms with Gasteiger partial charge in [0.25, 0.3) is 0 Å². The summed E-state index contributed by atoms with van der Waals surface area (Å²) in [5.74, 6) is 0.831. The van der Waals surface area contributed by atoms with E-state index in [0.717, 1.165) is 57.9 Å². The van der Waals surface area contributed by atoms with Crippen molar-refractivity contribution < 1.29 is 9.53 Å². The SMILES string of the molecule is CN1CCN(C(=O)C[C@H]2C[C@H]3CN(Cc4ccccn4)C[C@H]3O2)CC1. The lowest BCUT2D eigenvalue weighted by Gasteiger charge is -2.33. The molecule has 3 saturated heterocycles. The summed E-state index contributed by atoms with van der Waals surface area (Å²) in [4.78, 5) is 23.6. The Morgan fingerprint density at radius 3 is 2.80 bits per heavy atom. The standard InChI is InChI=1S/C19H28N4O2/c1-21-6-8-23(9-7-21)19(24)11-17-10-15-12-22(14-18(15)25-17)13-16-4-2-3-5-20-16/h2-5,15,17-18H,6-14H2,1H3/t15-,17+,18+/m0/s1. The maximum Gasteiger partial charge on any atom is 0.225 e. The van der Waals surface area contributed by atoms with Gasteiger partial charge in [0, 0.05) is 57.9 Å².